The van der Waals surface area contributed by atoms with E-state index in [2.05, 4.69) is 35.8 Å². The minimum Gasteiger partial charge on any atom is -0.356 e. The maximum Gasteiger partial charge on any atom is 0.224 e. The van der Waals surface area contributed by atoms with Crippen molar-refractivity contribution >= 4 is 28.3 Å². The van der Waals surface area contributed by atoms with Gasteiger partial charge in [-0.3, -0.25) is 0 Å². The molecule has 0 fully saturated rings. The standard InChI is InChI=1S/C14H18ClN3/c1-4-7-10(2)18(3)13-11-8-5-6-9-12(11)16-14(15)17-13/h5-6,8-10H,4,7H2,1-3H3. The zero-order valence-electron chi connectivity index (χ0n) is 11.0. The Labute approximate surface area is 113 Å². The summed E-state index contributed by atoms with van der Waals surface area (Å²) in [6, 6.07) is 8.40. The Balaban J connectivity index is 2.49. The molecule has 3 nitrogen and oxygen atoms in total. The summed E-state index contributed by atoms with van der Waals surface area (Å²) in [6.07, 6.45) is 2.29. The van der Waals surface area contributed by atoms with Crippen molar-refractivity contribution in [2.75, 3.05) is 11.9 Å². The largest absolute Gasteiger partial charge is 0.356 e. The van der Waals surface area contributed by atoms with Gasteiger partial charge in [0.2, 0.25) is 5.28 Å². The number of nitrogens with zero attached hydrogens (tertiary/aromatic N) is 3. The van der Waals surface area contributed by atoms with Crippen LogP contribution in [0.15, 0.2) is 24.3 Å². The van der Waals surface area contributed by atoms with E-state index in [-0.39, 0.29) is 0 Å². The van der Waals surface area contributed by atoms with Crippen LogP contribution < -0.4 is 4.90 Å². The molecule has 0 saturated carbocycles. The lowest BCUT2D eigenvalue weighted by Gasteiger charge is -2.26. The maximum absolute atomic E-state index is 6.00. The van der Waals surface area contributed by atoms with Crippen molar-refractivity contribution in [3.63, 3.8) is 0 Å². The Morgan fingerprint density at radius 3 is 2.72 bits per heavy atom. The van der Waals surface area contributed by atoms with Gasteiger partial charge in [0.25, 0.3) is 0 Å². The lowest BCUT2D eigenvalue weighted by Crippen LogP contribution is -2.29. The lowest BCUT2D eigenvalue weighted by atomic mass is 10.1. The minimum absolute atomic E-state index is 0.305. The number of aromatic nitrogens is 2. The van der Waals surface area contributed by atoms with Crippen molar-refractivity contribution in [2.45, 2.75) is 32.7 Å². The van der Waals surface area contributed by atoms with Gasteiger partial charge in [-0.2, -0.15) is 4.98 Å². The van der Waals surface area contributed by atoms with Crippen LogP contribution in [0.3, 0.4) is 0 Å². The molecule has 96 valence electrons. The Hall–Kier alpha value is -1.35. The fourth-order valence-electron chi connectivity index (χ4n) is 2.12. The van der Waals surface area contributed by atoms with E-state index in [1.807, 2.05) is 24.3 Å². The van der Waals surface area contributed by atoms with Gasteiger partial charge >= 0.3 is 0 Å². The molecule has 0 bridgehead atoms. The van der Waals surface area contributed by atoms with E-state index in [9.17, 15) is 0 Å². The second-order valence-corrected chi connectivity index (χ2v) is 4.92. The highest BCUT2D eigenvalue weighted by Gasteiger charge is 2.15. The smallest absolute Gasteiger partial charge is 0.224 e. The summed E-state index contributed by atoms with van der Waals surface area (Å²) in [6.45, 7) is 4.39. The van der Waals surface area contributed by atoms with E-state index in [1.165, 1.54) is 0 Å². The highest BCUT2D eigenvalue weighted by atomic mass is 35.5. The van der Waals surface area contributed by atoms with Crippen molar-refractivity contribution < 1.29 is 0 Å². The first-order valence-electron chi connectivity index (χ1n) is 6.28. The molecule has 0 aliphatic heterocycles. The van der Waals surface area contributed by atoms with Crippen LogP contribution in [0.5, 0.6) is 0 Å². The van der Waals surface area contributed by atoms with Crippen molar-refractivity contribution in [3.05, 3.63) is 29.5 Å². The summed E-state index contributed by atoms with van der Waals surface area (Å²) in [4.78, 5) is 10.8. The van der Waals surface area contributed by atoms with Gasteiger partial charge in [0.1, 0.15) is 5.82 Å². The van der Waals surface area contributed by atoms with Gasteiger partial charge in [0.05, 0.1) is 5.52 Å². The summed E-state index contributed by atoms with van der Waals surface area (Å²) >= 11 is 6.00. The molecule has 1 aromatic heterocycles. The van der Waals surface area contributed by atoms with Crippen molar-refractivity contribution in [1.29, 1.82) is 0 Å². The van der Waals surface area contributed by atoms with Crippen LogP contribution >= 0.6 is 11.6 Å². The van der Waals surface area contributed by atoms with Gasteiger partial charge in [0, 0.05) is 18.5 Å². The molecule has 0 spiro atoms. The average molecular weight is 264 g/mol. The van der Waals surface area contributed by atoms with Gasteiger partial charge in [-0.05, 0) is 37.1 Å². The van der Waals surface area contributed by atoms with Crippen molar-refractivity contribution in [1.82, 2.24) is 9.97 Å². The molecule has 18 heavy (non-hydrogen) atoms. The number of hydrogen-bond acceptors (Lipinski definition) is 3. The Bertz CT molecular complexity index is 542. The third-order valence-corrected chi connectivity index (χ3v) is 3.43. The van der Waals surface area contributed by atoms with Crippen LogP contribution in [0.2, 0.25) is 5.28 Å². The highest BCUT2D eigenvalue weighted by molar-refractivity contribution is 6.28. The Morgan fingerprint density at radius 1 is 1.28 bits per heavy atom. The number of para-hydroxylation sites is 1. The van der Waals surface area contributed by atoms with E-state index in [0.29, 0.717) is 11.3 Å². The molecule has 1 unspecified atom stereocenters. The Kier molecular flexibility index (Phi) is 4.02. The first-order valence-corrected chi connectivity index (χ1v) is 6.66. The number of benzene rings is 1. The van der Waals surface area contributed by atoms with E-state index in [1.54, 1.807) is 0 Å². The second kappa shape index (κ2) is 5.53. The van der Waals surface area contributed by atoms with E-state index in [0.717, 1.165) is 29.6 Å². The van der Waals surface area contributed by atoms with Crippen molar-refractivity contribution in [3.8, 4) is 0 Å². The summed E-state index contributed by atoms with van der Waals surface area (Å²) in [5, 5.41) is 1.35. The third kappa shape index (κ3) is 2.56. The number of rotatable bonds is 4. The fraction of sp³-hybridized carbons (Fsp3) is 0.429. The molecule has 0 N–H and O–H groups in total. The molecule has 0 aliphatic carbocycles. The molecular formula is C14H18ClN3. The predicted octanol–water partition coefficient (Wildman–Crippen LogP) is 3.91. The topological polar surface area (TPSA) is 29.0 Å². The lowest BCUT2D eigenvalue weighted by molar-refractivity contribution is 0.612. The first-order chi connectivity index (χ1) is 8.63. The Morgan fingerprint density at radius 2 is 2.00 bits per heavy atom. The monoisotopic (exact) mass is 263 g/mol. The quantitative estimate of drug-likeness (QED) is 0.783. The molecule has 0 radical (unpaired) electrons. The van der Waals surface area contributed by atoms with Gasteiger partial charge < -0.3 is 4.90 Å². The zero-order valence-corrected chi connectivity index (χ0v) is 11.8. The fourth-order valence-corrected chi connectivity index (χ4v) is 2.29. The molecule has 0 aliphatic rings. The average Bonchev–Trinajstić information content (AvgIpc) is 2.37. The van der Waals surface area contributed by atoms with E-state index < -0.39 is 0 Å². The summed E-state index contributed by atoms with van der Waals surface area (Å²) in [5.74, 6) is 0.909. The SMILES string of the molecule is CCCC(C)N(C)c1nc(Cl)nc2ccccc12. The molecule has 0 saturated heterocycles. The van der Waals surface area contributed by atoms with Crippen LogP contribution in [0.4, 0.5) is 5.82 Å². The number of anilines is 1. The second-order valence-electron chi connectivity index (χ2n) is 4.58. The van der Waals surface area contributed by atoms with E-state index in [4.69, 9.17) is 11.6 Å². The van der Waals surface area contributed by atoms with Crippen molar-refractivity contribution in [2.24, 2.45) is 0 Å². The minimum atomic E-state index is 0.305. The molecule has 4 heteroatoms. The van der Waals surface area contributed by atoms with Gasteiger partial charge in [-0.15, -0.1) is 0 Å². The molecular weight excluding hydrogens is 246 g/mol. The molecule has 1 aromatic carbocycles. The number of hydrogen-bond donors (Lipinski definition) is 0. The van der Waals surface area contributed by atoms with Crippen LogP contribution in [-0.4, -0.2) is 23.1 Å². The molecule has 2 rings (SSSR count). The third-order valence-electron chi connectivity index (χ3n) is 3.26. The molecule has 2 aromatic rings. The summed E-state index contributed by atoms with van der Waals surface area (Å²) in [5.41, 5.74) is 0.892. The van der Waals surface area contributed by atoms with Crippen LogP contribution in [-0.2, 0) is 0 Å². The van der Waals surface area contributed by atoms with E-state index >= 15 is 0 Å². The first kappa shape index (κ1) is 13.1. The van der Waals surface area contributed by atoms with Gasteiger partial charge in [0.15, 0.2) is 0 Å². The van der Waals surface area contributed by atoms with Gasteiger partial charge in [-0.25, -0.2) is 4.98 Å². The van der Waals surface area contributed by atoms with Crippen LogP contribution in [0, 0.1) is 0 Å². The van der Waals surface area contributed by atoms with Crippen LogP contribution in [0.1, 0.15) is 26.7 Å². The highest BCUT2D eigenvalue weighted by Crippen LogP contribution is 2.26. The molecule has 1 heterocycles. The molecule has 1 atom stereocenters. The zero-order chi connectivity index (χ0) is 13.1. The maximum atomic E-state index is 6.00. The summed E-state index contributed by atoms with van der Waals surface area (Å²) < 4.78 is 0. The number of halogens is 1. The summed E-state index contributed by atoms with van der Waals surface area (Å²) in [7, 11) is 2.06. The number of fused-ring (bicyclic) bond motifs is 1. The molecule has 0 amide bonds. The predicted molar refractivity (Wildman–Crippen MR) is 77.3 cm³/mol. The van der Waals surface area contributed by atoms with Gasteiger partial charge in [-0.1, -0.05) is 25.5 Å². The van der Waals surface area contributed by atoms with Crippen LogP contribution in [0.25, 0.3) is 10.9 Å². The normalized spacial score (nSPS) is 12.7.